The topological polar surface area (TPSA) is 75.4 Å². The van der Waals surface area contributed by atoms with Crippen LogP contribution in [0.3, 0.4) is 0 Å². The van der Waals surface area contributed by atoms with Crippen molar-refractivity contribution in [2.45, 2.75) is 43.0 Å². The first-order chi connectivity index (χ1) is 9.91. The van der Waals surface area contributed by atoms with Crippen LogP contribution in [-0.4, -0.2) is 30.9 Å². The fourth-order valence-electron chi connectivity index (χ4n) is 2.66. The first kappa shape index (κ1) is 16.2. The number of thiocarbonyl (C=S) groups is 1. The lowest BCUT2D eigenvalue weighted by atomic mass is 9.96. The Hall–Kier alpha value is -1.18. The highest BCUT2D eigenvalue weighted by Gasteiger charge is 2.28. The van der Waals surface area contributed by atoms with Gasteiger partial charge in [0.25, 0.3) is 0 Å². The molecule has 116 valence electrons. The minimum atomic E-state index is -3.44. The normalized spacial score (nSPS) is 16.9. The molecule has 0 unspecified atom stereocenters. The summed E-state index contributed by atoms with van der Waals surface area (Å²) in [7, 11) is -1.77. The van der Waals surface area contributed by atoms with E-state index in [1.165, 1.54) is 10.7 Å². The first-order valence-electron chi connectivity index (χ1n) is 7.06. The van der Waals surface area contributed by atoms with Gasteiger partial charge in [-0.15, -0.1) is 0 Å². The van der Waals surface area contributed by atoms with Gasteiger partial charge in [-0.25, -0.2) is 8.42 Å². The molecule has 21 heavy (non-hydrogen) atoms. The average molecular weight is 327 g/mol. The molecule has 0 atom stereocenters. The summed E-state index contributed by atoms with van der Waals surface area (Å²) in [5.74, 6) is 0. The van der Waals surface area contributed by atoms with Crippen molar-refractivity contribution in [3.63, 3.8) is 0 Å². The molecule has 0 saturated heterocycles. The van der Waals surface area contributed by atoms with Gasteiger partial charge in [0.1, 0.15) is 0 Å². The summed E-state index contributed by atoms with van der Waals surface area (Å²) in [5, 5.41) is 2.93. The third kappa shape index (κ3) is 3.93. The number of anilines is 1. The molecule has 0 aromatic heterocycles. The summed E-state index contributed by atoms with van der Waals surface area (Å²) in [6.45, 7) is 0. The van der Waals surface area contributed by atoms with E-state index in [4.69, 9.17) is 18.0 Å². The van der Waals surface area contributed by atoms with Crippen molar-refractivity contribution in [2.24, 2.45) is 5.73 Å². The van der Waals surface area contributed by atoms with Crippen molar-refractivity contribution in [3.8, 4) is 0 Å². The Labute approximate surface area is 131 Å². The molecular formula is C14H21N3O2S2. The number of sulfonamides is 1. The van der Waals surface area contributed by atoms with Crippen LogP contribution in [0.4, 0.5) is 5.69 Å². The van der Waals surface area contributed by atoms with E-state index in [0.717, 1.165) is 25.7 Å². The predicted octanol–water partition coefficient (Wildman–Crippen LogP) is 2.30. The van der Waals surface area contributed by atoms with E-state index < -0.39 is 10.0 Å². The Morgan fingerprint density at radius 1 is 1.24 bits per heavy atom. The van der Waals surface area contributed by atoms with E-state index in [-0.39, 0.29) is 11.2 Å². The monoisotopic (exact) mass is 327 g/mol. The Bertz CT molecular complexity index is 593. The molecule has 0 amide bonds. The smallest absolute Gasteiger partial charge is 0.243 e. The maximum Gasteiger partial charge on any atom is 0.243 e. The Morgan fingerprint density at radius 2 is 1.81 bits per heavy atom. The largest absolute Gasteiger partial charge is 0.376 e. The molecule has 0 heterocycles. The van der Waals surface area contributed by atoms with Crippen LogP contribution in [-0.2, 0) is 10.0 Å². The molecule has 5 nitrogen and oxygen atoms in total. The van der Waals surface area contributed by atoms with Crippen molar-refractivity contribution < 1.29 is 8.42 Å². The number of benzene rings is 1. The zero-order valence-corrected chi connectivity index (χ0v) is 13.7. The van der Waals surface area contributed by atoms with Gasteiger partial charge in [-0.3, -0.25) is 0 Å². The summed E-state index contributed by atoms with van der Waals surface area (Å²) in [6.07, 6.45) is 5.28. The minimum absolute atomic E-state index is 0.109. The molecule has 1 fully saturated rings. The van der Waals surface area contributed by atoms with Gasteiger partial charge in [-0.05, 0) is 49.3 Å². The van der Waals surface area contributed by atoms with Crippen LogP contribution in [0.5, 0.6) is 0 Å². The molecule has 0 bridgehead atoms. The fraction of sp³-hybridized carbons (Fsp3) is 0.500. The molecule has 0 aliphatic heterocycles. The minimum Gasteiger partial charge on any atom is -0.376 e. The number of hydrogen-bond donors (Lipinski definition) is 2. The highest BCUT2D eigenvalue weighted by Crippen LogP contribution is 2.26. The maximum absolute atomic E-state index is 12.6. The van der Waals surface area contributed by atoms with E-state index in [2.05, 4.69) is 5.32 Å². The Kier molecular flexibility index (Phi) is 5.18. The number of hydrogen-bond acceptors (Lipinski definition) is 3. The van der Waals surface area contributed by atoms with E-state index in [9.17, 15) is 8.42 Å². The molecule has 1 aromatic rings. The first-order valence-corrected chi connectivity index (χ1v) is 8.90. The van der Waals surface area contributed by atoms with Crippen LogP contribution in [0.2, 0.25) is 0 Å². The average Bonchev–Trinajstić information content (AvgIpc) is 2.47. The molecule has 1 aromatic carbocycles. The fourth-order valence-corrected chi connectivity index (χ4v) is 4.19. The molecule has 1 aliphatic carbocycles. The quantitative estimate of drug-likeness (QED) is 0.830. The number of nitrogens with zero attached hydrogens (tertiary/aromatic N) is 1. The Morgan fingerprint density at radius 3 is 2.33 bits per heavy atom. The van der Waals surface area contributed by atoms with Gasteiger partial charge in [0.15, 0.2) is 5.11 Å². The summed E-state index contributed by atoms with van der Waals surface area (Å²) < 4.78 is 26.8. The second-order valence-corrected chi connectivity index (χ2v) is 7.76. The zero-order chi connectivity index (χ0) is 15.5. The van der Waals surface area contributed by atoms with Crippen molar-refractivity contribution in [1.82, 2.24) is 4.31 Å². The Balaban J connectivity index is 2.16. The van der Waals surface area contributed by atoms with E-state index in [0.29, 0.717) is 10.6 Å². The molecular weight excluding hydrogens is 306 g/mol. The lowest BCUT2D eigenvalue weighted by molar-refractivity contribution is 0.286. The van der Waals surface area contributed by atoms with Crippen LogP contribution in [0.15, 0.2) is 29.2 Å². The zero-order valence-electron chi connectivity index (χ0n) is 12.1. The van der Waals surface area contributed by atoms with Crippen LogP contribution >= 0.6 is 12.2 Å². The SMILES string of the molecule is CN(C1CCCCC1)S(=O)(=O)c1ccc(NC(N)=S)cc1. The van der Waals surface area contributed by atoms with Crippen molar-refractivity contribution in [3.05, 3.63) is 24.3 Å². The van der Waals surface area contributed by atoms with Gasteiger partial charge >= 0.3 is 0 Å². The molecule has 0 spiro atoms. The lowest BCUT2D eigenvalue weighted by Gasteiger charge is -2.30. The third-order valence-electron chi connectivity index (χ3n) is 3.89. The van der Waals surface area contributed by atoms with Crippen LogP contribution in [0, 0.1) is 0 Å². The van der Waals surface area contributed by atoms with E-state index in [1.54, 1.807) is 31.3 Å². The molecule has 1 saturated carbocycles. The van der Waals surface area contributed by atoms with Gasteiger partial charge in [0.05, 0.1) is 4.90 Å². The van der Waals surface area contributed by atoms with E-state index in [1.807, 2.05) is 0 Å². The van der Waals surface area contributed by atoms with Crippen LogP contribution in [0.25, 0.3) is 0 Å². The molecule has 2 rings (SSSR count). The summed E-state index contributed by atoms with van der Waals surface area (Å²) >= 11 is 4.75. The summed E-state index contributed by atoms with van der Waals surface area (Å²) in [6, 6.07) is 6.60. The van der Waals surface area contributed by atoms with Crippen LogP contribution in [0.1, 0.15) is 32.1 Å². The molecule has 1 aliphatic rings. The summed E-state index contributed by atoms with van der Waals surface area (Å²) in [4.78, 5) is 0.295. The second kappa shape index (κ2) is 6.72. The van der Waals surface area contributed by atoms with Crippen molar-refractivity contribution in [2.75, 3.05) is 12.4 Å². The lowest BCUT2D eigenvalue weighted by Crippen LogP contribution is -2.38. The van der Waals surface area contributed by atoms with Gasteiger partial charge < -0.3 is 11.1 Å². The second-order valence-electron chi connectivity index (χ2n) is 5.33. The van der Waals surface area contributed by atoms with E-state index >= 15 is 0 Å². The van der Waals surface area contributed by atoms with Gasteiger partial charge in [-0.2, -0.15) is 4.31 Å². The standard InChI is InChI=1S/C14H21N3O2S2/c1-17(12-5-3-2-4-6-12)21(18,19)13-9-7-11(8-10-13)16-14(15)20/h7-10,12H,2-6H2,1H3,(H3,15,16,20). The highest BCUT2D eigenvalue weighted by molar-refractivity contribution is 7.89. The number of nitrogens with two attached hydrogens (primary N) is 1. The van der Waals surface area contributed by atoms with Gasteiger partial charge in [-0.1, -0.05) is 19.3 Å². The summed E-state index contributed by atoms with van der Waals surface area (Å²) in [5.41, 5.74) is 6.07. The molecule has 3 N–H and O–H groups in total. The van der Waals surface area contributed by atoms with Gasteiger partial charge in [0, 0.05) is 18.8 Å². The third-order valence-corrected chi connectivity index (χ3v) is 5.91. The number of nitrogens with one attached hydrogen (secondary N) is 1. The van der Waals surface area contributed by atoms with Crippen molar-refractivity contribution >= 4 is 33.0 Å². The maximum atomic E-state index is 12.6. The predicted molar refractivity (Wildman–Crippen MR) is 88.7 cm³/mol. The molecule has 7 heteroatoms. The van der Waals surface area contributed by atoms with Crippen LogP contribution < -0.4 is 11.1 Å². The van der Waals surface area contributed by atoms with Crippen molar-refractivity contribution in [1.29, 1.82) is 0 Å². The number of rotatable bonds is 4. The highest BCUT2D eigenvalue weighted by atomic mass is 32.2. The molecule has 0 radical (unpaired) electrons. The van der Waals surface area contributed by atoms with Gasteiger partial charge in [0.2, 0.25) is 10.0 Å².